The summed E-state index contributed by atoms with van der Waals surface area (Å²) in [6.07, 6.45) is 1.80. The predicted octanol–water partition coefficient (Wildman–Crippen LogP) is 2.16. The molecule has 0 aliphatic carbocycles. The van der Waals surface area contributed by atoms with E-state index in [9.17, 15) is 0 Å². The van der Waals surface area contributed by atoms with Gasteiger partial charge < -0.3 is 10.6 Å². The Kier molecular flexibility index (Phi) is 4.12. The van der Waals surface area contributed by atoms with E-state index in [0.29, 0.717) is 12.5 Å². The van der Waals surface area contributed by atoms with Crippen LogP contribution in [0, 0.1) is 13.8 Å². The molecule has 0 aliphatic heterocycles. The number of likely N-dealkylation sites (N-methyl/N-ethyl adjacent to an activating group) is 1. The number of nitrogens with zero attached hydrogens (tertiary/aromatic N) is 3. The van der Waals surface area contributed by atoms with E-state index in [-0.39, 0.29) is 0 Å². The summed E-state index contributed by atoms with van der Waals surface area (Å²) in [5.41, 5.74) is 10.1. The summed E-state index contributed by atoms with van der Waals surface area (Å²) in [4.78, 5) is 10.9. The summed E-state index contributed by atoms with van der Waals surface area (Å²) in [6.45, 7) is 5.54. The van der Waals surface area contributed by atoms with Crippen LogP contribution in [0.4, 0.5) is 5.95 Å². The molecule has 4 heteroatoms. The summed E-state index contributed by atoms with van der Waals surface area (Å²) in [5.74, 6) is 0.711. The topological polar surface area (TPSA) is 55.0 Å². The number of nitrogens with two attached hydrogens (primary N) is 1. The van der Waals surface area contributed by atoms with Crippen LogP contribution in [-0.2, 0) is 0 Å². The third kappa shape index (κ3) is 3.09. The number of aromatic nitrogens is 2. The van der Waals surface area contributed by atoms with Crippen molar-refractivity contribution in [1.82, 2.24) is 9.97 Å². The van der Waals surface area contributed by atoms with Crippen molar-refractivity contribution in [2.75, 3.05) is 25.0 Å². The number of benzene rings is 1. The maximum absolute atomic E-state index is 5.56. The lowest BCUT2D eigenvalue weighted by atomic mass is 10.0. The molecule has 0 atom stereocenters. The van der Waals surface area contributed by atoms with E-state index >= 15 is 0 Å². The monoisotopic (exact) mass is 256 g/mol. The van der Waals surface area contributed by atoms with Gasteiger partial charge in [-0.1, -0.05) is 23.8 Å². The Hall–Kier alpha value is -1.94. The SMILES string of the molecule is Cc1ccc(-c2ccnc(N(C)CCN)n2)c(C)c1. The normalized spacial score (nSPS) is 10.5. The molecule has 2 rings (SSSR count). The van der Waals surface area contributed by atoms with E-state index in [1.807, 2.05) is 18.0 Å². The predicted molar refractivity (Wildman–Crippen MR) is 79.3 cm³/mol. The molecule has 0 saturated carbocycles. The van der Waals surface area contributed by atoms with E-state index in [2.05, 4.69) is 42.0 Å². The Balaban J connectivity index is 2.37. The van der Waals surface area contributed by atoms with Crippen LogP contribution in [0.5, 0.6) is 0 Å². The molecule has 0 fully saturated rings. The zero-order valence-electron chi connectivity index (χ0n) is 11.7. The van der Waals surface area contributed by atoms with Crippen molar-refractivity contribution in [3.63, 3.8) is 0 Å². The maximum atomic E-state index is 5.56. The van der Waals surface area contributed by atoms with E-state index in [4.69, 9.17) is 5.73 Å². The molecule has 4 nitrogen and oxygen atoms in total. The quantitative estimate of drug-likeness (QED) is 0.910. The van der Waals surface area contributed by atoms with E-state index in [0.717, 1.165) is 17.8 Å². The van der Waals surface area contributed by atoms with Crippen molar-refractivity contribution in [2.45, 2.75) is 13.8 Å². The minimum absolute atomic E-state index is 0.591. The smallest absolute Gasteiger partial charge is 0.225 e. The molecule has 1 aromatic carbocycles. The molecule has 2 aromatic rings. The van der Waals surface area contributed by atoms with Crippen LogP contribution < -0.4 is 10.6 Å². The standard InChI is InChI=1S/C15H20N4/c1-11-4-5-13(12(2)10-11)14-6-8-17-15(18-14)19(3)9-7-16/h4-6,8,10H,7,9,16H2,1-3H3. The zero-order valence-corrected chi connectivity index (χ0v) is 11.7. The Bertz CT molecular complexity index is 566. The highest BCUT2D eigenvalue weighted by atomic mass is 15.2. The first-order valence-electron chi connectivity index (χ1n) is 6.43. The molecule has 0 radical (unpaired) electrons. The minimum atomic E-state index is 0.591. The van der Waals surface area contributed by atoms with Gasteiger partial charge in [-0.2, -0.15) is 0 Å². The molecule has 100 valence electrons. The van der Waals surface area contributed by atoms with E-state index < -0.39 is 0 Å². The molecule has 0 saturated heterocycles. The fraction of sp³-hybridized carbons (Fsp3) is 0.333. The van der Waals surface area contributed by atoms with Gasteiger partial charge in [0.05, 0.1) is 5.69 Å². The van der Waals surface area contributed by atoms with Crippen LogP contribution in [0.1, 0.15) is 11.1 Å². The van der Waals surface area contributed by atoms with Crippen molar-refractivity contribution < 1.29 is 0 Å². The fourth-order valence-electron chi connectivity index (χ4n) is 2.08. The van der Waals surface area contributed by atoms with Crippen molar-refractivity contribution in [1.29, 1.82) is 0 Å². The lowest BCUT2D eigenvalue weighted by molar-refractivity contribution is 0.846. The molecule has 0 spiro atoms. The van der Waals surface area contributed by atoms with Crippen LogP contribution in [0.15, 0.2) is 30.5 Å². The second kappa shape index (κ2) is 5.80. The van der Waals surface area contributed by atoms with Gasteiger partial charge in [0, 0.05) is 31.9 Å². The van der Waals surface area contributed by atoms with Crippen molar-refractivity contribution in [2.24, 2.45) is 5.73 Å². The molecule has 19 heavy (non-hydrogen) atoms. The van der Waals surface area contributed by atoms with Gasteiger partial charge in [0.15, 0.2) is 0 Å². The van der Waals surface area contributed by atoms with Crippen LogP contribution in [-0.4, -0.2) is 30.1 Å². The first-order valence-corrected chi connectivity index (χ1v) is 6.43. The number of hydrogen-bond acceptors (Lipinski definition) is 4. The number of hydrogen-bond donors (Lipinski definition) is 1. The molecule has 1 aromatic heterocycles. The number of rotatable bonds is 4. The largest absolute Gasteiger partial charge is 0.343 e. The van der Waals surface area contributed by atoms with Crippen molar-refractivity contribution in [3.8, 4) is 11.3 Å². The van der Waals surface area contributed by atoms with Gasteiger partial charge in [0.1, 0.15) is 0 Å². The third-order valence-corrected chi connectivity index (χ3v) is 3.11. The Morgan fingerprint density at radius 1 is 1.21 bits per heavy atom. The van der Waals surface area contributed by atoms with Crippen LogP contribution in [0.25, 0.3) is 11.3 Å². The molecular formula is C15H20N4. The maximum Gasteiger partial charge on any atom is 0.225 e. The molecule has 2 N–H and O–H groups in total. The van der Waals surface area contributed by atoms with Gasteiger partial charge in [-0.05, 0) is 25.5 Å². The lowest BCUT2D eigenvalue weighted by Crippen LogP contribution is -2.26. The average molecular weight is 256 g/mol. The molecular weight excluding hydrogens is 236 g/mol. The number of anilines is 1. The summed E-state index contributed by atoms with van der Waals surface area (Å²) >= 11 is 0. The molecule has 0 unspecified atom stereocenters. The number of aryl methyl sites for hydroxylation is 2. The highest BCUT2D eigenvalue weighted by molar-refractivity contribution is 5.64. The highest BCUT2D eigenvalue weighted by Crippen LogP contribution is 2.23. The molecule has 1 heterocycles. The van der Waals surface area contributed by atoms with Crippen molar-refractivity contribution >= 4 is 5.95 Å². The summed E-state index contributed by atoms with van der Waals surface area (Å²) in [7, 11) is 1.95. The first kappa shape index (κ1) is 13.5. The molecule has 0 amide bonds. The first-order chi connectivity index (χ1) is 9.11. The second-order valence-corrected chi connectivity index (χ2v) is 4.77. The van der Waals surface area contributed by atoms with E-state index in [1.54, 1.807) is 6.20 Å². The highest BCUT2D eigenvalue weighted by Gasteiger charge is 2.07. The summed E-state index contributed by atoms with van der Waals surface area (Å²) in [6, 6.07) is 8.32. The minimum Gasteiger partial charge on any atom is -0.343 e. The van der Waals surface area contributed by atoms with Gasteiger partial charge in [0.25, 0.3) is 0 Å². The van der Waals surface area contributed by atoms with Crippen molar-refractivity contribution in [3.05, 3.63) is 41.6 Å². The van der Waals surface area contributed by atoms with Gasteiger partial charge in [0.2, 0.25) is 5.95 Å². The van der Waals surface area contributed by atoms with Crippen LogP contribution in [0.3, 0.4) is 0 Å². The summed E-state index contributed by atoms with van der Waals surface area (Å²) < 4.78 is 0. The Labute approximate surface area is 114 Å². The van der Waals surface area contributed by atoms with Crippen LogP contribution >= 0.6 is 0 Å². The average Bonchev–Trinajstić information content (AvgIpc) is 2.39. The van der Waals surface area contributed by atoms with Gasteiger partial charge in [-0.15, -0.1) is 0 Å². The Morgan fingerprint density at radius 2 is 2.00 bits per heavy atom. The summed E-state index contributed by atoms with van der Waals surface area (Å²) in [5, 5.41) is 0. The fourth-order valence-corrected chi connectivity index (χ4v) is 2.08. The molecule has 0 bridgehead atoms. The lowest BCUT2D eigenvalue weighted by Gasteiger charge is -2.16. The molecule has 0 aliphatic rings. The van der Waals surface area contributed by atoms with Crippen LogP contribution in [0.2, 0.25) is 0 Å². The third-order valence-electron chi connectivity index (χ3n) is 3.11. The van der Waals surface area contributed by atoms with E-state index in [1.165, 1.54) is 11.1 Å². The second-order valence-electron chi connectivity index (χ2n) is 4.77. The Morgan fingerprint density at radius 3 is 2.68 bits per heavy atom. The zero-order chi connectivity index (χ0) is 13.8. The van der Waals surface area contributed by atoms with Gasteiger partial charge in [-0.25, -0.2) is 9.97 Å². The van der Waals surface area contributed by atoms with Gasteiger partial charge >= 0.3 is 0 Å². The van der Waals surface area contributed by atoms with Gasteiger partial charge in [-0.3, -0.25) is 0 Å².